The van der Waals surface area contributed by atoms with Crippen LogP contribution in [0.4, 0.5) is 0 Å². The molecule has 0 amide bonds. The number of nitrogens with zero attached hydrogens (tertiary/aromatic N) is 3. The first kappa shape index (κ1) is 12.2. The Labute approximate surface area is 113 Å². The maximum atomic E-state index is 12.0. The van der Waals surface area contributed by atoms with Gasteiger partial charge in [0.15, 0.2) is 5.78 Å². The highest BCUT2D eigenvalue weighted by Crippen LogP contribution is 2.32. The summed E-state index contributed by atoms with van der Waals surface area (Å²) in [6.07, 6.45) is 10.9. The van der Waals surface area contributed by atoms with Gasteiger partial charge in [-0.1, -0.05) is 6.92 Å². The molecule has 4 nitrogen and oxygen atoms in total. The minimum Gasteiger partial charge on any atom is -0.348 e. The maximum absolute atomic E-state index is 12.0. The van der Waals surface area contributed by atoms with Crippen molar-refractivity contribution in [2.24, 2.45) is 5.92 Å². The molecule has 0 saturated heterocycles. The van der Waals surface area contributed by atoms with E-state index in [1.165, 1.54) is 5.69 Å². The molecule has 0 aromatic carbocycles. The minimum atomic E-state index is 0.293. The molecule has 3 rings (SSSR count). The molecule has 4 heteroatoms. The second kappa shape index (κ2) is 5.03. The topological polar surface area (TPSA) is 39.8 Å². The van der Waals surface area contributed by atoms with E-state index < -0.39 is 0 Å². The van der Waals surface area contributed by atoms with E-state index in [1.54, 1.807) is 0 Å². The average Bonchev–Trinajstić information content (AvgIpc) is 3.01. The number of ketones is 1. The molecule has 1 aliphatic rings. The Balaban J connectivity index is 1.72. The van der Waals surface area contributed by atoms with Crippen LogP contribution in [-0.2, 0) is 13.1 Å². The van der Waals surface area contributed by atoms with Crippen molar-refractivity contribution in [3.05, 3.63) is 42.2 Å². The van der Waals surface area contributed by atoms with Crippen molar-refractivity contribution in [3.63, 3.8) is 0 Å². The van der Waals surface area contributed by atoms with Crippen molar-refractivity contribution in [2.45, 2.75) is 39.3 Å². The number of aryl methyl sites for hydroxylation is 1. The fraction of sp³-hybridized carbons (Fsp3) is 0.467. The smallest absolute Gasteiger partial charge is 0.167 e. The first-order valence-corrected chi connectivity index (χ1v) is 6.97. The third-order valence-corrected chi connectivity index (χ3v) is 3.59. The van der Waals surface area contributed by atoms with Crippen molar-refractivity contribution < 1.29 is 4.79 Å². The summed E-state index contributed by atoms with van der Waals surface area (Å²) in [6.45, 7) is 3.92. The molecule has 1 saturated carbocycles. The number of rotatable bonds is 6. The number of aromatic nitrogens is 3. The van der Waals surface area contributed by atoms with E-state index in [1.807, 2.05) is 31.0 Å². The Bertz CT molecular complexity index is 578. The van der Waals surface area contributed by atoms with Gasteiger partial charge in [-0.2, -0.15) is 0 Å². The third-order valence-electron chi connectivity index (χ3n) is 3.59. The van der Waals surface area contributed by atoms with Gasteiger partial charge in [-0.25, -0.2) is 4.98 Å². The van der Waals surface area contributed by atoms with Gasteiger partial charge in [-0.15, -0.1) is 0 Å². The number of hydrogen-bond acceptors (Lipinski definition) is 2. The zero-order valence-electron chi connectivity index (χ0n) is 11.2. The lowest BCUT2D eigenvalue weighted by Gasteiger charge is -2.07. The molecule has 0 unspecified atom stereocenters. The van der Waals surface area contributed by atoms with Gasteiger partial charge < -0.3 is 9.13 Å². The molecule has 100 valence electrons. The molecule has 0 atom stereocenters. The Hall–Kier alpha value is -1.84. The number of imidazole rings is 1. The SMILES string of the molecule is CCCn1cncc1Cn1ccc(C(=O)C2CC2)c1. The Morgan fingerprint density at radius 2 is 2.32 bits per heavy atom. The fourth-order valence-electron chi connectivity index (χ4n) is 2.38. The average molecular weight is 257 g/mol. The monoisotopic (exact) mass is 257 g/mol. The third kappa shape index (κ3) is 2.62. The molecule has 0 aliphatic heterocycles. The van der Waals surface area contributed by atoms with Crippen LogP contribution in [0.25, 0.3) is 0 Å². The molecule has 0 spiro atoms. The highest BCUT2D eigenvalue weighted by atomic mass is 16.1. The van der Waals surface area contributed by atoms with Crippen molar-refractivity contribution >= 4 is 5.78 Å². The van der Waals surface area contributed by atoms with Gasteiger partial charge in [0.25, 0.3) is 0 Å². The van der Waals surface area contributed by atoms with E-state index in [0.717, 1.165) is 37.9 Å². The molecule has 0 N–H and O–H groups in total. The van der Waals surface area contributed by atoms with Crippen molar-refractivity contribution in [1.29, 1.82) is 0 Å². The van der Waals surface area contributed by atoms with Crippen LogP contribution in [0.3, 0.4) is 0 Å². The lowest BCUT2D eigenvalue weighted by Crippen LogP contribution is -2.06. The van der Waals surface area contributed by atoms with E-state index in [9.17, 15) is 4.79 Å². The molecular formula is C15H19N3O. The summed E-state index contributed by atoms with van der Waals surface area (Å²) in [7, 11) is 0. The Kier molecular flexibility index (Phi) is 3.23. The van der Waals surface area contributed by atoms with E-state index in [0.29, 0.717) is 11.7 Å². The maximum Gasteiger partial charge on any atom is 0.167 e. The van der Waals surface area contributed by atoms with Crippen LogP contribution in [0.1, 0.15) is 42.2 Å². The van der Waals surface area contributed by atoms with E-state index in [2.05, 4.69) is 21.0 Å². The lowest BCUT2D eigenvalue weighted by atomic mass is 10.1. The second-order valence-corrected chi connectivity index (χ2v) is 5.29. The summed E-state index contributed by atoms with van der Waals surface area (Å²) in [5.41, 5.74) is 2.03. The van der Waals surface area contributed by atoms with Crippen LogP contribution in [0.2, 0.25) is 0 Å². The first-order chi connectivity index (χ1) is 9.28. The zero-order valence-corrected chi connectivity index (χ0v) is 11.2. The van der Waals surface area contributed by atoms with Crippen LogP contribution in [0, 0.1) is 5.92 Å². The van der Waals surface area contributed by atoms with Crippen LogP contribution in [0.15, 0.2) is 31.0 Å². The molecule has 2 aromatic rings. The van der Waals surface area contributed by atoms with E-state index in [-0.39, 0.29) is 0 Å². The number of carbonyl (C=O) groups excluding carboxylic acids is 1. The summed E-state index contributed by atoms with van der Waals surface area (Å²) >= 11 is 0. The quantitative estimate of drug-likeness (QED) is 0.746. The molecule has 19 heavy (non-hydrogen) atoms. The van der Waals surface area contributed by atoms with Crippen LogP contribution in [0.5, 0.6) is 0 Å². The second-order valence-electron chi connectivity index (χ2n) is 5.29. The van der Waals surface area contributed by atoms with Crippen molar-refractivity contribution in [3.8, 4) is 0 Å². The molecule has 0 bridgehead atoms. The summed E-state index contributed by atoms with van der Waals surface area (Å²) in [6, 6.07) is 1.93. The highest BCUT2D eigenvalue weighted by Gasteiger charge is 2.30. The predicted molar refractivity (Wildman–Crippen MR) is 73.1 cm³/mol. The predicted octanol–water partition coefficient (Wildman–Crippen LogP) is 2.74. The summed E-state index contributed by atoms with van der Waals surface area (Å²) < 4.78 is 4.24. The lowest BCUT2D eigenvalue weighted by molar-refractivity contribution is 0.0967. The van der Waals surface area contributed by atoms with E-state index >= 15 is 0 Å². The number of Topliss-reactive ketones (excluding diaryl/α,β-unsaturated/α-hetero) is 1. The standard InChI is InChI=1S/C15H19N3O/c1-2-6-18-11-16-8-14(18)10-17-7-5-13(9-17)15(19)12-3-4-12/h5,7-9,11-12H,2-4,6,10H2,1H3. The first-order valence-electron chi connectivity index (χ1n) is 6.97. The summed E-state index contributed by atoms with van der Waals surface area (Å²) in [5.74, 6) is 0.599. The molecule has 2 heterocycles. The normalized spacial score (nSPS) is 14.8. The minimum absolute atomic E-state index is 0.293. The van der Waals surface area contributed by atoms with Gasteiger partial charge in [0, 0.05) is 36.6 Å². The number of hydrogen-bond donors (Lipinski definition) is 0. The largest absolute Gasteiger partial charge is 0.348 e. The van der Waals surface area contributed by atoms with Gasteiger partial charge in [0.1, 0.15) is 0 Å². The van der Waals surface area contributed by atoms with Gasteiger partial charge in [-0.05, 0) is 25.3 Å². The summed E-state index contributed by atoms with van der Waals surface area (Å²) in [5, 5.41) is 0. The Morgan fingerprint density at radius 1 is 1.47 bits per heavy atom. The molecule has 2 aromatic heterocycles. The zero-order chi connectivity index (χ0) is 13.2. The molecule has 1 fully saturated rings. The van der Waals surface area contributed by atoms with Crippen molar-refractivity contribution in [2.75, 3.05) is 0 Å². The fourth-order valence-corrected chi connectivity index (χ4v) is 2.38. The van der Waals surface area contributed by atoms with E-state index in [4.69, 9.17) is 0 Å². The van der Waals surface area contributed by atoms with Crippen LogP contribution >= 0.6 is 0 Å². The van der Waals surface area contributed by atoms with Gasteiger partial charge >= 0.3 is 0 Å². The van der Waals surface area contributed by atoms with Gasteiger partial charge in [-0.3, -0.25) is 4.79 Å². The summed E-state index contributed by atoms with van der Waals surface area (Å²) in [4.78, 5) is 16.2. The van der Waals surface area contributed by atoms with Crippen LogP contribution in [-0.4, -0.2) is 19.9 Å². The Morgan fingerprint density at radius 3 is 3.05 bits per heavy atom. The van der Waals surface area contributed by atoms with Crippen molar-refractivity contribution in [1.82, 2.24) is 14.1 Å². The highest BCUT2D eigenvalue weighted by molar-refractivity contribution is 5.99. The van der Waals surface area contributed by atoms with Gasteiger partial charge in [0.05, 0.1) is 18.6 Å². The van der Waals surface area contributed by atoms with Crippen LogP contribution < -0.4 is 0 Å². The molecular weight excluding hydrogens is 238 g/mol. The molecule has 0 radical (unpaired) electrons. The molecule has 1 aliphatic carbocycles. The number of carbonyl (C=O) groups is 1. The van der Waals surface area contributed by atoms with Gasteiger partial charge in [0.2, 0.25) is 0 Å².